The van der Waals surface area contributed by atoms with Gasteiger partial charge < -0.3 is 9.84 Å². The first-order chi connectivity index (χ1) is 11.3. The molecule has 24 heavy (non-hydrogen) atoms. The van der Waals surface area contributed by atoms with E-state index in [1.54, 1.807) is 13.0 Å². The van der Waals surface area contributed by atoms with Crippen LogP contribution in [0.1, 0.15) is 17.9 Å². The lowest BCUT2D eigenvalue weighted by molar-refractivity contribution is -0.120. The molecule has 0 aliphatic heterocycles. The first-order valence-corrected chi connectivity index (χ1v) is 9.55. The maximum absolute atomic E-state index is 12.2. The quantitative estimate of drug-likeness (QED) is 0.784. The molecule has 6 nitrogen and oxygen atoms in total. The SMILES string of the molecule is Cc1cc(CCNC(=O)CCS(=O)(=O)c2ccc(Cl)c(Cl)c2)no1. The number of nitrogens with zero attached hydrogens (tertiary/aromatic N) is 1. The van der Waals surface area contributed by atoms with E-state index in [1.165, 1.54) is 18.2 Å². The van der Waals surface area contributed by atoms with E-state index in [0.29, 0.717) is 18.7 Å². The lowest BCUT2D eigenvalue weighted by Crippen LogP contribution is -2.27. The summed E-state index contributed by atoms with van der Waals surface area (Å²) in [5, 5.41) is 6.89. The number of hydrogen-bond acceptors (Lipinski definition) is 5. The second-order valence-electron chi connectivity index (χ2n) is 5.17. The minimum absolute atomic E-state index is 0.0442. The van der Waals surface area contributed by atoms with Crippen molar-refractivity contribution in [2.24, 2.45) is 0 Å². The molecule has 1 amide bonds. The van der Waals surface area contributed by atoms with Crippen molar-refractivity contribution in [1.29, 1.82) is 0 Å². The van der Waals surface area contributed by atoms with E-state index in [-0.39, 0.29) is 33.0 Å². The number of carbonyl (C=O) groups excluding carboxylic acids is 1. The van der Waals surface area contributed by atoms with Crippen LogP contribution in [0.2, 0.25) is 10.0 Å². The molecule has 0 bridgehead atoms. The third-order valence-corrected chi connectivity index (χ3v) is 5.68. The number of carbonyl (C=O) groups is 1. The molecule has 2 aromatic rings. The summed E-state index contributed by atoms with van der Waals surface area (Å²) in [5.41, 5.74) is 0.733. The first kappa shape index (κ1) is 18.8. The topological polar surface area (TPSA) is 89.3 Å². The Kier molecular flexibility index (Phi) is 6.26. The average Bonchev–Trinajstić information content (AvgIpc) is 2.93. The monoisotopic (exact) mass is 390 g/mol. The second kappa shape index (κ2) is 8.00. The number of aryl methyl sites for hydroxylation is 1. The number of amides is 1. The number of halogens is 2. The zero-order valence-corrected chi connectivity index (χ0v) is 15.2. The highest BCUT2D eigenvalue weighted by atomic mass is 35.5. The Hall–Kier alpha value is -1.57. The summed E-state index contributed by atoms with van der Waals surface area (Å²) in [6.45, 7) is 2.14. The Morgan fingerprint density at radius 1 is 1.25 bits per heavy atom. The van der Waals surface area contributed by atoms with Crippen molar-refractivity contribution >= 4 is 38.9 Å². The molecule has 130 valence electrons. The predicted molar refractivity (Wildman–Crippen MR) is 91.1 cm³/mol. The minimum Gasteiger partial charge on any atom is -0.361 e. The number of hydrogen-bond donors (Lipinski definition) is 1. The van der Waals surface area contributed by atoms with Gasteiger partial charge in [-0.15, -0.1) is 0 Å². The number of nitrogens with one attached hydrogen (secondary N) is 1. The van der Waals surface area contributed by atoms with E-state index in [9.17, 15) is 13.2 Å². The van der Waals surface area contributed by atoms with Gasteiger partial charge in [-0.2, -0.15) is 0 Å². The average molecular weight is 391 g/mol. The molecule has 0 fully saturated rings. The van der Waals surface area contributed by atoms with Crippen LogP contribution in [0.15, 0.2) is 33.7 Å². The molecule has 0 aliphatic carbocycles. The van der Waals surface area contributed by atoms with Gasteiger partial charge in [-0.05, 0) is 25.1 Å². The Morgan fingerprint density at radius 2 is 2.00 bits per heavy atom. The first-order valence-electron chi connectivity index (χ1n) is 7.14. The van der Waals surface area contributed by atoms with Crippen LogP contribution >= 0.6 is 23.2 Å². The molecule has 0 unspecified atom stereocenters. The van der Waals surface area contributed by atoms with Gasteiger partial charge in [0.25, 0.3) is 0 Å². The fourth-order valence-electron chi connectivity index (χ4n) is 1.97. The van der Waals surface area contributed by atoms with Crippen LogP contribution in [-0.4, -0.2) is 31.8 Å². The van der Waals surface area contributed by atoms with Crippen LogP contribution in [0.25, 0.3) is 0 Å². The highest BCUT2D eigenvalue weighted by Crippen LogP contribution is 2.25. The standard InChI is InChI=1S/C15H16Cl2N2O4S/c1-10-8-11(19-23-10)4-6-18-15(20)5-7-24(21,22)12-2-3-13(16)14(17)9-12/h2-3,8-9H,4-7H2,1H3,(H,18,20). The third kappa shape index (κ3) is 5.22. The normalized spacial score (nSPS) is 11.5. The second-order valence-corrected chi connectivity index (χ2v) is 8.10. The molecule has 0 saturated carbocycles. The van der Waals surface area contributed by atoms with Crippen molar-refractivity contribution in [1.82, 2.24) is 10.5 Å². The zero-order valence-electron chi connectivity index (χ0n) is 12.9. The number of sulfone groups is 1. The van der Waals surface area contributed by atoms with E-state index < -0.39 is 9.84 Å². The molecule has 1 aromatic heterocycles. The molecular weight excluding hydrogens is 375 g/mol. The van der Waals surface area contributed by atoms with Gasteiger partial charge in [-0.1, -0.05) is 28.4 Å². The maximum Gasteiger partial charge on any atom is 0.221 e. The van der Waals surface area contributed by atoms with Crippen LogP contribution in [0.3, 0.4) is 0 Å². The molecular formula is C15H16Cl2N2O4S. The Labute approximate surface area is 150 Å². The summed E-state index contributed by atoms with van der Waals surface area (Å²) >= 11 is 11.6. The Bertz CT molecular complexity index is 834. The smallest absolute Gasteiger partial charge is 0.221 e. The molecule has 0 saturated heterocycles. The minimum atomic E-state index is -3.60. The third-order valence-electron chi connectivity index (χ3n) is 3.23. The molecule has 9 heteroatoms. The fourth-order valence-corrected chi connectivity index (χ4v) is 3.59. The van der Waals surface area contributed by atoms with Crippen molar-refractivity contribution in [3.63, 3.8) is 0 Å². The summed E-state index contributed by atoms with van der Waals surface area (Å²) in [5.74, 6) is 0.0442. The summed E-state index contributed by atoms with van der Waals surface area (Å²) in [6.07, 6.45) is 0.378. The van der Waals surface area contributed by atoms with Crippen molar-refractivity contribution in [3.05, 3.63) is 45.8 Å². The van der Waals surface area contributed by atoms with E-state index in [4.69, 9.17) is 27.7 Å². The van der Waals surface area contributed by atoms with Crippen molar-refractivity contribution in [2.45, 2.75) is 24.7 Å². The summed E-state index contributed by atoms with van der Waals surface area (Å²) in [7, 11) is -3.60. The molecule has 0 aliphatic rings. The molecule has 2 rings (SSSR count). The highest BCUT2D eigenvalue weighted by Gasteiger charge is 2.17. The molecule has 0 radical (unpaired) electrons. The van der Waals surface area contributed by atoms with E-state index in [2.05, 4.69) is 10.5 Å². The van der Waals surface area contributed by atoms with Gasteiger partial charge in [0.2, 0.25) is 5.91 Å². The van der Waals surface area contributed by atoms with E-state index >= 15 is 0 Å². The largest absolute Gasteiger partial charge is 0.361 e. The van der Waals surface area contributed by atoms with Crippen LogP contribution in [0, 0.1) is 6.92 Å². The van der Waals surface area contributed by atoms with Gasteiger partial charge in [0, 0.05) is 25.5 Å². The van der Waals surface area contributed by atoms with Gasteiger partial charge in [0.05, 0.1) is 26.4 Å². The Morgan fingerprint density at radius 3 is 2.62 bits per heavy atom. The highest BCUT2D eigenvalue weighted by molar-refractivity contribution is 7.91. The molecule has 0 atom stereocenters. The lowest BCUT2D eigenvalue weighted by atomic mass is 10.3. The van der Waals surface area contributed by atoms with Gasteiger partial charge in [0.15, 0.2) is 9.84 Å². The number of rotatable bonds is 7. The van der Waals surface area contributed by atoms with E-state index in [0.717, 1.165) is 5.69 Å². The van der Waals surface area contributed by atoms with Gasteiger partial charge in [0.1, 0.15) is 5.76 Å². The molecule has 0 spiro atoms. The lowest BCUT2D eigenvalue weighted by Gasteiger charge is -2.06. The van der Waals surface area contributed by atoms with Crippen LogP contribution in [-0.2, 0) is 21.1 Å². The van der Waals surface area contributed by atoms with Gasteiger partial charge >= 0.3 is 0 Å². The molecule has 1 N–H and O–H groups in total. The molecule has 1 heterocycles. The Balaban J connectivity index is 1.82. The van der Waals surface area contributed by atoms with Crippen molar-refractivity contribution in [3.8, 4) is 0 Å². The predicted octanol–water partition coefficient (Wildman–Crippen LogP) is 2.81. The van der Waals surface area contributed by atoms with Gasteiger partial charge in [-0.3, -0.25) is 4.79 Å². The molecule has 1 aromatic carbocycles. The van der Waals surface area contributed by atoms with Gasteiger partial charge in [-0.25, -0.2) is 8.42 Å². The zero-order chi connectivity index (χ0) is 17.7. The van der Waals surface area contributed by atoms with Crippen LogP contribution < -0.4 is 5.32 Å². The van der Waals surface area contributed by atoms with Crippen molar-refractivity contribution < 1.29 is 17.7 Å². The number of benzene rings is 1. The summed E-state index contributed by atoms with van der Waals surface area (Å²) in [4.78, 5) is 11.8. The van der Waals surface area contributed by atoms with E-state index in [1.807, 2.05) is 0 Å². The van der Waals surface area contributed by atoms with Crippen LogP contribution in [0.5, 0.6) is 0 Å². The van der Waals surface area contributed by atoms with Crippen LogP contribution in [0.4, 0.5) is 0 Å². The maximum atomic E-state index is 12.2. The number of aromatic nitrogens is 1. The summed E-state index contributed by atoms with van der Waals surface area (Å²) in [6, 6.07) is 5.84. The fraction of sp³-hybridized carbons (Fsp3) is 0.333. The summed E-state index contributed by atoms with van der Waals surface area (Å²) < 4.78 is 29.3. The van der Waals surface area contributed by atoms with Crippen molar-refractivity contribution in [2.75, 3.05) is 12.3 Å².